The highest BCUT2D eigenvalue weighted by Crippen LogP contribution is 1.95. The summed E-state index contributed by atoms with van der Waals surface area (Å²) < 4.78 is 0. The van der Waals surface area contributed by atoms with Crippen molar-refractivity contribution in [2.75, 3.05) is 0 Å². The first kappa shape index (κ1) is 12.8. The SMILES string of the molecule is C=N/C=C\C(C)=C/CC.CC. The molecule has 0 N–H and O–H groups in total. The molecule has 0 aromatic heterocycles. The van der Waals surface area contributed by atoms with Crippen molar-refractivity contribution >= 4 is 6.72 Å². The normalized spacial score (nSPS) is 10.7. The fourth-order valence-corrected chi connectivity index (χ4v) is 0.560. The van der Waals surface area contributed by atoms with Gasteiger partial charge in [-0.3, -0.25) is 4.99 Å². The summed E-state index contributed by atoms with van der Waals surface area (Å²) in [4.78, 5) is 3.59. The first-order chi connectivity index (χ1) is 5.31. The molecule has 0 radical (unpaired) electrons. The lowest BCUT2D eigenvalue weighted by molar-refractivity contribution is 1.20. The van der Waals surface area contributed by atoms with Crippen molar-refractivity contribution in [3.8, 4) is 0 Å². The first-order valence-corrected chi connectivity index (χ1v) is 4.10. The number of aliphatic imine (C=N–C) groups is 1. The van der Waals surface area contributed by atoms with Crippen LogP contribution in [-0.4, -0.2) is 6.72 Å². The van der Waals surface area contributed by atoms with Crippen molar-refractivity contribution in [2.45, 2.75) is 34.1 Å². The van der Waals surface area contributed by atoms with Gasteiger partial charge in [-0.15, -0.1) is 0 Å². The Labute approximate surface area is 70.5 Å². The van der Waals surface area contributed by atoms with Gasteiger partial charge in [-0.25, -0.2) is 0 Å². The molecule has 1 nitrogen and oxygen atoms in total. The fraction of sp³-hybridized carbons (Fsp3) is 0.500. The number of nitrogens with zero attached hydrogens (tertiary/aromatic N) is 1. The molecule has 0 unspecified atom stereocenters. The quantitative estimate of drug-likeness (QED) is 0.434. The van der Waals surface area contributed by atoms with Crippen molar-refractivity contribution in [2.24, 2.45) is 4.99 Å². The van der Waals surface area contributed by atoms with E-state index in [2.05, 4.69) is 24.7 Å². The molecule has 0 rings (SSSR count). The minimum atomic E-state index is 1.08. The molecular formula is C10H19N. The van der Waals surface area contributed by atoms with Crippen LogP contribution in [0.4, 0.5) is 0 Å². The average molecular weight is 153 g/mol. The Morgan fingerprint density at radius 2 is 2.00 bits per heavy atom. The van der Waals surface area contributed by atoms with Gasteiger partial charge in [-0.1, -0.05) is 32.4 Å². The van der Waals surface area contributed by atoms with Gasteiger partial charge in [0.2, 0.25) is 0 Å². The molecule has 0 aliphatic heterocycles. The van der Waals surface area contributed by atoms with E-state index in [9.17, 15) is 0 Å². The molecule has 0 atom stereocenters. The van der Waals surface area contributed by atoms with Gasteiger partial charge in [0.1, 0.15) is 0 Å². The smallest absolute Gasteiger partial charge is 0.0263 e. The molecule has 0 saturated carbocycles. The van der Waals surface area contributed by atoms with Crippen LogP contribution in [0, 0.1) is 0 Å². The molecule has 0 aliphatic rings. The van der Waals surface area contributed by atoms with E-state index in [1.165, 1.54) is 5.57 Å². The Kier molecular flexibility index (Phi) is 13.8. The van der Waals surface area contributed by atoms with Crippen LogP contribution in [0.1, 0.15) is 34.1 Å². The highest BCUT2D eigenvalue weighted by atomic mass is 14.6. The van der Waals surface area contributed by atoms with Gasteiger partial charge < -0.3 is 0 Å². The highest BCUT2D eigenvalue weighted by Gasteiger charge is 1.75. The Hall–Kier alpha value is -0.850. The van der Waals surface area contributed by atoms with E-state index in [0.29, 0.717) is 0 Å². The fourth-order valence-electron chi connectivity index (χ4n) is 0.560. The molecule has 1 heteroatoms. The van der Waals surface area contributed by atoms with Crippen molar-refractivity contribution < 1.29 is 0 Å². The van der Waals surface area contributed by atoms with E-state index in [0.717, 1.165) is 6.42 Å². The third-order valence-electron chi connectivity index (χ3n) is 0.969. The van der Waals surface area contributed by atoms with Crippen molar-refractivity contribution in [3.05, 3.63) is 23.9 Å². The zero-order valence-corrected chi connectivity index (χ0v) is 8.09. The summed E-state index contributed by atoms with van der Waals surface area (Å²) in [5.41, 5.74) is 1.24. The van der Waals surface area contributed by atoms with Crippen LogP contribution in [0.2, 0.25) is 0 Å². The van der Waals surface area contributed by atoms with E-state index in [-0.39, 0.29) is 0 Å². The average Bonchev–Trinajstić information content (AvgIpc) is 2.05. The Morgan fingerprint density at radius 3 is 2.36 bits per heavy atom. The van der Waals surface area contributed by atoms with Crippen LogP contribution in [0.3, 0.4) is 0 Å². The predicted octanol–water partition coefficient (Wildman–Crippen LogP) is 3.58. The summed E-state index contributed by atoms with van der Waals surface area (Å²) in [5, 5.41) is 0. The van der Waals surface area contributed by atoms with Crippen LogP contribution in [-0.2, 0) is 0 Å². The summed E-state index contributed by atoms with van der Waals surface area (Å²) in [7, 11) is 0. The molecule has 0 aromatic rings. The molecule has 11 heavy (non-hydrogen) atoms. The number of rotatable bonds is 3. The maximum Gasteiger partial charge on any atom is 0.0263 e. The lowest BCUT2D eigenvalue weighted by Gasteiger charge is -1.85. The van der Waals surface area contributed by atoms with Crippen LogP contribution in [0.25, 0.3) is 0 Å². The third kappa shape index (κ3) is 12.4. The maximum atomic E-state index is 3.59. The Bertz CT molecular complexity index is 132. The molecular weight excluding hydrogens is 134 g/mol. The van der Waals surface area contributed by atoms with E-state index < -0.39 is 0 Å². The second-order valence-electron chi connectivity index (χ2n) is 1.85. The summed E-state index contributed by atoms with van der Waals surface area (Å²) in [6, 6.07) is 0. The predicted molar refractivity (Wildman–Crippen MR) is 54.1 cm³/mol. The minimum absolute atomic E-state index is 1.08. The van der Waals surface area contributed by atoms with E-state index >= 15 is 0 Å². The topological polar surface area (TPSA) is 12.4 Å². The number of allylic oxidation sites excluding steroid dienone is 3. The van der Waals surface area contributed by atoms with E-state index in [4.69, 9.17) is 0 Å². The standard InChI is InChI=1S/C8H13N.C2H6/c1-4-5-8(2)6-7-9-3;1-2/h5-7H,3-4H2,1-2H3;1-2H3/b7-6-,8-5-;. The van der Waals surface area contributed by atoms with Gasteiger partial charge in [-0.2, -0.15) is 0 Å². The number of hydrogen-bond donors (Lipinski definition) is 0. The number of hydrogen-bond acceptors (Lipinski definition) is 1. The first-order valence-electron chi connectivity index (χ1n) is 4.10. The second kappa shape index (κ2) is 11.9. The van der Waals surface area contributed by atoms with Gasteiger partial charge in [0, 0.05) is 6.20 Å². The van der Waals surface area contributed by atoms with E-state index in [1.54, 1.807) is 6.20 Å². The van der Waals surface area contributed by atoms with Crippen LogP contribution in [0.5, 0.6) is 0 Å². The molecule has 0 heterocycles. The molecule has 0 bridgehead atoms. The van der Waals surface area contributed by atoms with Crippen molar-refractivity contribution in [1.29, 1.82) is 0 Å². The van der Waals surface area contributed by atoms with Gasteiger partial charge >= 0.3 is 0 Å². The zero-order chi connectivity index (χ0) is 9.11. The molecule has 0 aliphatic carbocycles. The lowest BCUT2D eigenvalue weighted by Crippen LogP contribution is -1.65. The highest BCUT2D eigenvalue weighted by molar-refractivity contribution is 5.27. The van der Waals surface area contributed by atoms with Crippen LogP contribution < -0.4 is 0 Å². The van der Waals surface area contributed by atoms with Crippen molar-refractivity contribution in [1.82, 2.24) is 0 Å². The molecule has 0 fully saturated rings. The summed E-state index contributed by atoms with van der Waals surface area (Å²) in [6.07, 6.45) is 6.85. The third-order valence-corrected chi connectivity index (χ3v) is 0.969. The van der Waals surface area contributed by atoms with Crippen molar-refractivity contribution in [3.63, 3.8) is 0 Å². The molecule has 0 amide bonds. The summed E-state index contributed by atoms with van der Waals surface area (Å²) >= 11 is 0. The van der Waals surface area contributed by atoms with Gasteiger partial charge in [0.15, 0.2) is 0 Å². The van der Waals surface area contributed by atoms with Crippen LogP contribution in [0.15, 0.2) is 28.9 Å². The molecule has 0 spiro atoms. The largest absolute Gasteiger partial charge is 0.273 e. The Morgan fingerprint density at radius 1 is 1.45 bits per heavy atom. The van der Waals surface area contributed by atoms with Crippen LogP contribution >= 0.6 is 0 Å². The van der Waals surface area contributed by atoms with Gasteiger partial charge in [-0.05, 0) is 26.1 Å². The summed E-state index contributed by atoms with van der Waals surface area (Å²) in [6.45, 7) is 11.5. The zero-order valence-electron chi connectivity index (χ0n) is 8.09. The summed E-state index contributed by atoms with van der Waals surface area (Å²) in [5.74, 6) is 0. The molecule has 64 valence electrons. The van der Waals surface area contributed by atoms with E-state index in [1.807, 2.05) is 26.8 Å². The second-order valence-corrected chi connectivity index (χ2v) is 1.85. The maximum absolute atomic E-state index is 3.59. The van der Waals surface area contributed by atoms with Gasteiger partial charge in [0.05, 0.1) is 0 Å². The van der Waals surface area contributed by atoms with Gasteiger partial charge in [0.25, 0.3) is 0 Å². The lowest BCUT2D eigenvalue weighted by atomic mass is 10.2. The Balaban J connectivity index is 0. The minimum Gasteiger partial charge on any atom is -0.273 e. The monoisotopic (exact) mass is 153 g/mol. The molecule has 0 saturated heterocycles. The molecule has 0 aromatic carbocycles.